The molecule has 10 heteroatoms. The molecule has 4 N–H and O–H groups in total. The van der Waals surface area contributed by atoms with Gasteiger partial charge in [0.2, 0.25) is 20.0 Å². The van der Waals surface area contributed by atoms with Gasteiger partial charge < -0.3 is 5.73 Å². The Morgan fingerprint density at radius 2 is 1.65 bits per heavy atom. The summed E-state index contributed by atoms with van der Waals surface area (Å²) in [6, 6.07) is 5.16. The van der Waals surface area contributed by atoms with E-state index in [9.17, 15) is 16.8 Å². The quantitative estimate of drug-likeness (QED) is 0.783. The number of hydrogen-bond donors (Lipinski definition) is 2. The van der Waals surface area contributed by atoms with Crippen molar-refractivity contribution in [1.29, 1.82) is 0 Å². The maximum absolute atomic E-state index is 12.6. The summed E-state index contributed by atoms with van der Waals surface area (Å²) in [4.78, 5) is -0.266. The van der Waals surface area contributed by atoms with Crippen molar-refractivity contribution in [2.75, 3.05) is 13.1 Å². The number of nitrogens with zero attached hydrogens (tertiary/aromatic N) is 1. The van der Waals surface area contributed by atoms with Crippen LogP contribution in [0.4, 0.5) is 0 Å². The molecule has 1 aliphatic heterocycles. The third kappa shape index (κ3) is 4.65. The zero-order valence-electron chi connectivity index (χ0n) is 12.8. The number of primary sulfonamides is 1. The van der Waals surface area contributed by atoms with Crippen LogP contribution in [0.1, 0.15) is 19.8 Å². The summed E-state index contributed by atoms with van der Waals surface area (Å²) >= 11 is 0. The molecule has 0 amide bonds. The van der Waals surface area contributed by atoms with E-state index in [1.807, 2.05) is 6.92 Å². The molecule has 1 aromatic carbocycles. The van der Waals surface area contributed by atoms with Gasteiger partial charge in [0.25, 0.3) is 0 Å². The van der Waals surface area contributed by atoms with Crippen LogP contribution in [0.3, 0.4) is 0 Å². The van der Waals surface area contributed by atoms with E-state index in [0.29, 0.717) is 31.8 Å². The molecule has 1 fully saturated rings. The maximum atomic E-state index is 12.6. The van der Waals surface area contributed by atoms with Crippen molar-refractivity contribution in [2.45, 2.75) is 35.6 Å². The Morgan fingerprint density at radius 1 is 1.13 bits per heavy atom. The van der Waals surface area contributed by atoms with E-state index in [1.54, 1.807) is 0 Å². The molecule has 2 rings (SSSR count). The van der Waals surface area contributed by atoms with Crippen molar-refractivity contribution in [1.82, 2.24) is 4.31 Å². The maximum Gasteiger partial charge on any atom is 0.243 e. The van der Waals surface area contributed by atoms with Gasteiger partial charge in [0.1, 0.15) is 0 Å². The highest BCUT2D eigenvalue weighted by atomic mass is 35.5. The number of halogens is 1. The highest BCUT2D eigenvalue weighted by Gasteiger charge is 2.31. The minimum Gasteiger partial charge on any atom is -0.328 e. The van der Waals surface area contributed by atoms with Crippen molar-refractivity contribution < 1.29 is 16.8 Å². The summed E-state index contributed by atoms with van der Waals surface area (Å²) in [5.74, 6) is 0.308. The normalized spacial score (nSPS) is 19.1. The molecule has 0 aliphatic carbocycles. The van der Waals surface area contributed by atoms with Crippen LogP contribution < -0.4 is 10.9 Å². The first-order valence-corrected chi connectivity index (χ1v) is 9.99. The molecule has 0 radical (unpaired) electrons. The highest BCUT2D eigenvalue weighted by molar-refractivity contribution is 7.90. The molecule has 0 aromatic heterocycles. The van der Waals surface area contributed by atoms with Crippen LogP contribution in [-0.4, -0.2) is 40.3 Å². The third-order valence-corrected chi connectivity index (χ3v) is 6.82. The van der Waals surface area contributed by atoms with Crippen LogP contribution >= 0.6 is 12.4 Å². The lowest BCUT2D eigenvalue weighted by Crippen LogP contribution is -2.42. The topological polar surface area (TPSA) is 124 Å². The fraction of sp³-hybridized carbons (Fsp3) is 0.538. The first kappa shape index (κ1) is 20.3. The van der Waals surface area contributed by atoms with Crippen molar-refractivity contribution in [2.24, 2.45) is 16.8 Å². The van der Waals surface area contributed by atoms with Gasteiger partial charge in [-0.05, 0) is 43.9 Å². The Hall–Kier alpha value is -0.710. The lowest BCUT2D eigenvalue weighted by atomic mass is 9.92. The van der Waals surface area contributed by atoms with Gasteiger partial charge in [-0.1, -0.05) is 6.07 Å². The third-order valence-electron chi connectivity index (χ3n) is 4.01. The Morgan fingerprint density at radius 3 is 2.13 bits per heavy atom. The Kier molecular flexibility index (Phi) is 6.59. The van der Waals surface area contributed by atoms with Crippen molar-refractivity contribution >= 4 is 32.5 Å². The van der Waals surface area contributed by atoms with Crippen LogP contribution in [0, 0.1) is 5.92 Å². The average molecular weight is 384 g/mol. The predicted molar refractivity (Wildman–Crippen MR) is 90.2 cm³/mol. The first-order valence-electron chi connectivity index (χ1n) is 7.01. The predicted octanol–water partition coefficient (Wildman–Crippen LogP) is 0.504. The van der Waals surface area contributed by atoms with E-state index in [2.05, 4.69) is 0 Å². The molecule has 1 saturated heterocycles. The summed E-state index contributed by atoms with van der Waals surface area (Å²) < 4.78 is 49.3. The van der Waals surface area contributed by atoms with Gasteiger partial charge in [0, 0.05) is 19.1 Å². The standard InChI is InChI=1S/C13H21N3O4S2.ClH/c1-10(14)11-5-7-16(8-6-11)22(19,20)13-4-2-3-12(9-13)21(15,17)18;/h2-4,9-11H,5-8,14H2,1H3,(H2,15,17,18);1H. The second kappa shape index (κ2) is 7.45. The number of hydrogen-bond acceptors (Lipinski definition) is 5. The van der Waals surface area contributed by atoms with E-state index in [1.165, 1.54) is 22.5 Å². The van der Waals surface area contributed by atoms with Gasteiger partial charge >= 0.3 is 0 Å². The smallest absolute Gasteiger partial charge is 0.243 e. The van der Waals surface area contributed by atoms with Crippen LogP contribution in [0.15, 0.2) is 34.1 Å². The zero-order valence-corrected chi connectivity index (χ0v) is 15.2. The van der Waals surface area contributed by atoms with Gasteiger partial charge in [-0.3, -0.25) is 0 Å². The van der Waals surface area contributed by atoms with Crippen LogP contribution in [-0.2, 0) is 20.0 Å². The molecule has 7 nitrogen and oxygen atoms in total. The van der Waals surface area contributed by atoms with Gasteiger partial charge in [-0.2, -0.15) is 4.31 Å². The Labute approximate surface area is 143 Å². The van der Waals surface area contributed by atoms with E-state index in [4.69, 9.17) is 10.9 Å². The molecule has 0 bridgehead atoms. The van der Waals surface area contributed by atoms with Crippen molar-refractivity contribution in [3.05, 3.63) is 24.3 Å². The Bertz CT molecular complexity index is 742. The van der Waals surface area contributed by atoms with Gasteiger partial charge in [-0.15, -0.1) is 12.4 Å². The van der Waals surface area contributed by atoms with Crippen LogP contribution in [0.5, 0.6) is 0 Å². The molecule has 23 heavy (non-hydrogen) atoms. The lowest BCUT2D eigenvalue weighted by molar-refractivity contribution is 0.250. The fourth-order valence-corrected chi connectivity index (χ4v) is 4.75. The minimum absolute atomic E-state index is 0. The summed E-state index contributed by atoms with van der Waals surface area (Å²) in [6.07, 6.45) is 1.40. The Balaban J connectivity index is 0.00000264. The fourth-order valence-electron chi connectivity index (χ4n) is 2.60. The number of rotatable bonds is 4. The zero-order chi connectivity index (χ0) is 16.5. The average Bonchev–Trinajstić information content (AvgIpc) is 2.46. The molecule has 0 saturated carbocycles. The van der Waals surface area contributed by atoms with E-state index in [0.717, 1.165) is 6.07 Å². The number of sulfonamides is 2. The minimum atomic E-state index is -3.94. The van der Waals surface area contributed by atoms with Gasteiger partial charge in [-0.25, -0.2) is 22.0 Å². The summed E-state index contributed by atoms with van der Waals surface area (Å²) in [5.41, 5.74) is 5.85. The van der Waals surface area contributed by atoms with Crippen molar-refractivity contribution in [3.63, 3.8) is 0 Å². The summed E-state index contributed by atoms with van der Waals surface area (Å²) in [6.45, 7) is 2.69. The highest BCUT2D eigenvalue weighted by Crippen LogP contribution is 2.26. The number of benzene rings is 1. The molecular formula is C13H22ClN3O4S2. The molecule has 132 valence electrons. The first-order chi connectivity index (χ1) is 10.1. The molecule has 1 unspecified atom stereocenters. The van der Waals surface area contributed by atoms with E-state index >= 15 is 0 Å². The van der Waals surface area contributed by atoms with E-state index < -0.39 is 20.0 Å². The number of nitrogens with two attached hydrogens (primary N) is 2. The second-order valence-corrected chi connectivity index (χ2v) is 9.12. The molecular weight excluding hydrogens is 362 g/mol. The number of piperidine rings is 1. The van der Waals surface area contributed by atoms with Crippen molar-refractivity contribution in [3.8, 4) is 0 Å². The van der Waals surface area contributed by atoms with Gasteiger partial charge in [0.05, 0.1) is 9.79 Å². The second-order valence-electron chi connectivity index (χ2n) is 5.62. The molecule has 1 atom stereocenters. The van der Waals surface area contributed by atoms with Crippen LogP contribution in [0.25, 0.3) is 0 Å². The SMILES string of the molecule is CC(N)C1CCN(S(=O)(=O)c2cccc(S(N)(=O)=O)c2)CC1.Cl. The molecule has 1 aromatic rings. The molecule has 1 aliphatic rings. The van der Waals surface area contributed by atoms with Crippen LogP contribution in [0.2, 0.25) is 0 Å². The molecule has 0 spiro atoms. The van der Waals surface area contributed by atoms with Gasteiger partial charge in [0.15, 0.2) is 0 Å². The summed E-state index contributed by atoms with van der Waals surface area (Å²) in [7, 11) is -7.66. The largest absolute Gasteiger partial charge is 0.328 e. The monoisotopic (exact) mass is 383 g/mol. The van der Waals surface area contributed by atoms with E-state index in [-0.39, 0.29) is 28.2 Å². The molecule has 1 heterocycles. The summed E-state index contributed by atoms with van der Waals surface area (Å²) in [5, 5.41) is 5.05. The lowest BCUT2D eigenvalue weighted by Gasteiger charge is -2.32.